The van der Waals surface area contributed by atoms with Crippen LogP contribution in [0, 0.1) is 0 Å². The normalized spacial score (nSPS) is 16.6. The summed E-state index contributed by atoms with van der Waals surface area (Å²) < 4.78 is 27.9. The van der Waals surface area contributed by atoms with E-state index in [1.165, 1.54) is 6.07 Å². The molecule has 0 saturated carbocycles. The van der Waals surface area contributed by atoms with Gasteiger partial charge in [-0.3, -0.25) is 0 Å². The zero-order chi connectivity index (χ0) is 21.4. The molecule has 1 N–H and O–H groups in total. The van der Waals surface area contributed by atoms with Crippen LogP contribution in [-0.4, -0.2) is 33.2 Å². The summed E-state index contributed by atoms with van der Waals surface area (Å²) in [4.78, 5) is 16.0. The smallest absolute Gasteiger partial charge is 0.284 e. The number of piperidine rings is 1. The Morgan fingerprint density at radius 1 is 1.13 bits per heavy atom. The van der Waals surface area contributed by atoms with Gasteiger partial charge in [-0.25, -0.2) is 4.98 Å². The van der Waals surface area contributed by atoms with E-state index in [0.29, 0.717) is 23.0 Å². The molecule has 158 valence electrons. The number of hydrogen-bond acceptors (Lipinski definition) is 5. The van der Waals surface area contributed by atoms with E-state index in [2.05, 4.69) is 36.3 Å². The van der Waals surface area contributed by atoms with Crippen LogP contribution in [-0.2, 0) is 12.2 Å². The van der Waals surface area contributed by atoms with Crippen molar-refractivity contribution in [3.05, 3.63) is 53.7 Å². The third-order valence-electron chi connectivity index (χ3n) is 5.47. The zero-order valence-electron chi connectivity index (χ0n) is 16.8. The molecule has 3 aromatic rings. The van der Waals surface area contributed by atoms with Gasteiger partial charge in [0.2, 0.25) is 5.95 Å². The van der Waals surface area contributed by atoms with Crippen molar-refractivity contribution in [2.75, 3.05) is 23.3 Å². The van der Waals surface area contributed by atoms with Gasteiger partial charge >= 0.3 is 0 Å². The number of alkyl halides is 2. The topological polar surface area (TPSA) is 53.9 Å². The Morgan fingerprint density at radius 3 is 2.60 bits per heavy atom. The first-order valence-electron chi connectivity index (χ1n) is 9.88. The van der Waals surface area contributed by atoms with Gasteiger partial charge in [-0.1, -0.05) is 40.4 Å². The molecule has 0 radical (unpaired) electrons. The molecule has 30 heavy (non-hydrogen) atoms. The van der Waals surface area contributed by atoms with Crippen LogP contribution >= 0.6 is 18.5 Å². The van der Waals surface area contributed by atoms with E-state index >= 15 is 0 Å². The van der Waals surface area contributed by atoms with Crippen LogP contribution in [0.1, 0.15) is 30.9 Å². The zero-order valence-corrected chi connectivity index (χ0v) is 19.1. The summed E-state index contributed by atoms with van der Waals surface area (Å²) in [5.41, 5.74) is -1.90. The van der Waals surface area contributed by atoms with Crippen molar-refractivity contribution >= 4 is 41.3 Å². The number of nitrogens with one attached hydrogen (secondary N) is 1. The Morgan fingerprint density at radius 2 is 1.87 bits per heavy atom. The number of nitrogens with zero attached hydrogens (tertiary/aromatic N) is 4. The molecule has 2 atom stereocenters. The number of halogens is 2. The fraction of sp³-hybridized carbons (Fsp3) is 0.381. The Labute approximate surface area is 179 Å². The van der Waals surface area contributed by atoms with Gasteiger partial charge in [-0.05, 0) is 35.7 Å². The van der Waals surface area contributed by atoms with Gasteiger partial charge < -0.3 is 10.2 Å². The Hall–Kier alpha value is -1.97. The molecule has 1 aliphatic rings. The van der Waals surface area contributed by atoms with Gasteiger partial charge in [0.15, 0.2) is 5.65 Å². The van der Waals surface area contributed by atoms with Crippen LogP contribution in [0.25, 0.3) is 11.0 Å². The maximum Gasteiger partial charge on any atom is 0.284 e. The summed E-state index contributed by atoms with van der Waals surface area (Å²) in [5.74, 6) is 1.22. The number of anilines is 2. The molecule has 1 saturated heterocycles. The van der Waals surface area contributed by atoms with Crippen LogP contribution in [0.15, 0.2) is 42.6 Å². The van der Waals surface area contributed by atoms with Gasteiger partial charge in [-0.15, -0.1) is 9.24 Å². The second kappa shape index (κ2) is 8.28. The first-order valence-corrected chi connectivity index (χ1v) is 11.0. The van der Waals surface area contributed by atoms with Crippen LogP contribution in [0.2, 0.25) is 0 Å². The highest BCUT2D eigenvalue weighted by molar-refractivity contribution is 7.18. The second-order valence-corrected chi connectivity index (χ2v) is 10.1. The molecule has 1 aliphatic heterocycles. The lowest BCUT2D eigenvalue weighted by atomic mass is 9.98. The predicted molar refractivity (Wildman–Crippen MR) is 124 cm³/mol. The molecule has 0 amide bonds. The van der Waals surface area contributed by atoms with Crippen molar-refractivity contribution in [3.8, 4) is 0 Å². The predicted octanol–water partition coefficient (Wildman–Crippen LogP) is 4.80. The van der Waals surface area contributed by atoms with E-state index in [4.69, 9.17) is 4.98 Å². The molecule has 1 aromatic carbocycles. The van der Waals surface area contributed by atoms with E-state index in [1.54, 1.807) is 33.6 Å². The minimum Gasteiger partial charge on any atom is -0.365 e. The highest BCUT2D eigenvalue weighted by Gasteiger charge is 2.28. The number of aromatic nitrogens is 3. The molecular formula is C21H25F2N5P2. The summed E-state index contributed by atoms with van der Waals surface area (Å²) in [6, 6.07) is 10.2. The average Bonchev–Trinajstić information content (AvgIpc) is 2.71. The standard InChI is InChI=1S/C21H25F2N5P2/c1-20(29)8-11-28(12-9-20)19-26-17-15(6-4-10-24-17)18(27-19)25-13-14-5-2-3-7-16(14)21(22,23)30/h2-7,10H,8-9,11-13,29-30H2,1H3,(H,24,25,26,27). The molecule has 2 unspecified atom stereocenters. The van der Waals surface area contributed by atoms with Crippen molar-refractivity contribution in [1.29, 1.82) is 0 Å². The molecule has 5 nitrogen and oxygen atoms in total. The minimum absolute atomic E-state index is 0.0185. The molecule has 1 fully saturated rings. The van der Waals surface area contributed by atoms with Crippen molar-refractivity contribution in [2.45, 2.75) is 37.1 Å². The monoisotopic (exact) mass is 447 g/mol. The minimum atomic E-state index is -2.99. The van der Waals surface area contributed by atoms with Crippen LogP contribution < -0.4 is 10.2 Å². The first-order chi connectivity index (χ1) is 14.2. The van der Waals surface area contributed by atoms with Gasteiger partial charge in [0.25, 0.3) is 5.66 Å². The van der Waals surface area contributed by atoms with E-state index in [-0.39, 0.29) is 17.3 Å². The summed E-state index contributed by atoms with van der Waals surface area (Å²) in [5, 5.41) is 4.25. The lowest BCUT2D eigenvalue weighted by molar-refractivity contribution is 0.103. The molecule has 9 heteroatoms. The number of pyridine rings is 1. The Balaban J connectivity index is 1.64. The number of benzene rings is 1. The third kappa shape index (κ3) is 4.68. The molecule has 0 spiro atoms. The summed E-state index contributed by atoms with van der Waals surface area (Å²) in [6.07, 6.45) is 3.75. The van der Waals surface area contributed by atoms with Gasteiger partial charge in [-0.2, -0.15) is 18.7 Å². The second-order valence-electron chi connectivity index (χ2n) is 8.02. The Bertz CT molecular complexity index is 1040. The van der Waals surface area contributed by atoms with E-state index < -0.39 is 5.66 Å². The van der Waals surface area contributed by atoms with Crippen molar-refractivity contribution in [1.82, 2.24) is 15.0 Å². The fourth-order valence-corrected chi connectivity index (χ4v) is 4.16. The van der Waals surface area contributed by atoms with Gasteiger partial charge in [0, 0.05) is 31.4 Å². The molecule has 0 aliphatic carbocycles. The van der Waals surface area contributed by atoms with Gasteiger partial charge in [0.1, 0.15) is 5.82 Å². The number of fused-ring (bicyclic) bond motifs is 1. The molecule has 0 bridgehead atoms. The molecule has 2 aromatic heterocycles. The third-order valence-corrected chi connectivity index (χ3v) is 6.36. The van der Waals surface area contributed by atoms with E-state index in [0.717, 1.165) is 31.3 Å². The summed E-state index contributed by atoms with van der Waals surface area (Å²) in [7, 11) is 4.55. The lowest BCUT2D eigenvalue weighted by Gasteiger charge is -2.36. The summed E-state index contributed by atoms with van der Waals surface area (Å²) >= 11 is 0. The van der Waals surface area contributed by atoms with Crippen LogP contribution in [0.4, 0.5) is 20.5 Å². The van der Waals surface area contributed by atoms with E-state index in [9.17, 15) is 8.78 Å². The van der Waals surface area contributed by atoms with Crippen molar-refractivity contribution < 1.29 is 8.78 Å². The lowest BCUT2D eigenvalue weighted by Crippen LogP contribution is -2.40. The summed E-state index contributed by atoms with van der Waals surface area (Å²) in [6.45, 7) is 4.19. The highest BCUT2D eigenvalue weighted by Crippen LogP contribution is 2.37. The van der Waals surface area contributed by atoms with Crippen LogP contribution in [0.3, 0.4) is 0 Å². The van der Waals surface area contributed by atoms with Crippen molar-refractivity contribution in [3.63, 3.8) is 0 Å². The molecule has 3 heterocycles. The number of hydrogen-bond donors (Lipinski definition) is 1. The molecular weight excluding hydrogens is 422 g/mol. The van der Waals surface area contributed by atoms with Gasteiger partial charge in [0.05, 0.1) is 5.39 Å². The van der Waals surface area contributed by atoms with Crippen LogP contribution in [0.5, 0.6) is 0 Å². The maximum atomic E-state index is 14.0. The first kappa shape index (κ1) is 21.3. The quantitative estimate of drug-likeness (QED) is 0.570. The van der Waals surface area contributed by atoms with E-state index in [1.807, 2.05) is 12.1 Å². The maximum absolute atomic E-state index is 14.0. The Kier molecular flexibility index (Phi) is 5.87. The molecule has 4 rings (SSSR count). The fourth-order valence-electron chi connectivity index (χ4n) is 3.62. The number of rotatable bonds is 5. The van der Waals surface area contributed by atoms with Crippen molar-refractivity contribution in [2.24, 2.45) is 0 Å². The SMILES string of the molecule is CC1(P)CCN(c2nc(NCc3ccccc3C(F)(F)P)c3cccnc3n2)CC1. The average molecular weight is 447 g/mol. The largest absolute Gasteiger partial charge is 0.365 e. The highest BCUT2D eigenvalue weighted by atomic mass is 31.0.